The Morgan fingerprint density at radius 3 is 2.69 bits per heavy atom. The Kier molecular flexibility index (Phi) is 4.20. The Bertz CT molecular complexity index is 1080. The number of aromatic nitrogens is 4. The van der Waals surface area contributed by atoms with Crippen LogP contribution >= 0.6 is 11.6 Å². The van der Waals surface area contributed by atoms with E-state index in [2.05, 4.69) is 25.9 Å². The van der Waals surface area contributed by atoms with Crippen LogP contribution in [0.2, 0.25) is 5.02 Å². The Balaban J connectivity index is 1.60. The molecule has 0 bridgehead atoms. The molecular weight excluding hydrogens is 352 g/mol. The molecule has 8 heteroatoms. The second kappa shape index (κ2) is 6.81. The fourth-order valence-corrected chi connectivity index (χ4v) is 2.71. The van der Waals surface area contributed by atoms with Gasteiger partial charge in [-0.3, -0.25) is 15.6 Å². The Morgan fingerprint density at radius 2 is 1.88 bits per heavy atom. The van der Waals surface area contributed by atoms with E-state index in [0.717, 1.165) is 5.69 Å². The number of hydrazine groups is 1. The maximum Gasteiger partial charge on any atom is 0.269 e. The van der Waals surface area contributed by atoms with Crippen molar-refractivity contribution in [2.75, 3.05) is 5.43 Å². The minimum absolute atomic E-state index is 0.324. The SMILES string of the molecule is O=C(NNc1ncnc2c1cnn2-c1ccccc1)c1cccc(Cl)c1. The van der Waals surface area contributed by atoms with Gasteiger partial charge < -0.3 is 0 Å². The minimum Gasteiger partial charge on any atom is -0.281 e. The van der Waals surface area contributed by atoms with E-state index in [4.69, 9.17) is 11.6 Å². The number of fused-ring (bicyclic) bond motifs is 1. The van der Waals surface area contributed by atoms with Crippen LogP contribution in [0.15, 0.2) is 67.1 Å². The molecule has 0 fully saturated rings. The van der Waals surface area contributed by atoms with Crippen molar-refractivity contribution in [2.24, 2.45) is 0 Å². The molecule has 2 heterocycles. The van der Waals surface area contributed by atoms with Crippen LogP contribution in [0, 0.1) is 0 Å². The number of carbonyl (C=O) groups is 1. The fraction of sp³-hybridized carbons (Fsp3) is 0. The van der Waals surface area contributed by atoms with Crippen molar-refractivity contribution in [1.82, 2.24) is 25.2 Å². The molecule has 0 saturated carbocycles. The summed E-state index contributed by atoms with van der Waals surface area (Å²) in [5.74, 6) is 0.127. The summed E-state index contributed by atoms with van der Waals surface area (Å²) in [4.78, 5) is 20.7. The summed E-state index contributed by atoms with van der Waals surface area (Å²) in [5, 5.41) is 5.54. The van der Waals surface area contributed by atoms with Gasteiger partial charge in [-0.15, -0.1) is 0 Å². The first-order valence-corrected chi connectivity index (χ1v) is 8.16. The monoisotopic (exact) mass is 364 g/mol. The molecule has 2 aromatic heterocycles. The summed E-state index contributed by atoms with van der Waals surface area (Å²) >= 11 is 5.91. The maximum absolute atomic E-state index is 12.2. The highest BCUT2D eigenvalue weighted by atomic mass is 35.5. The molecule has 0 saturated heterocycles. The third-order valence-electron chi connectivity index (χ3n) is 3.75. The molecule has 26 heavy (non-hydrogen) atoms. The number of halogens is 1. The lowest BCUT2D eigenvalue weighted by molar-refractivity contribution is 0.0962. The van der Waals surface area contributed by atoms with Crippen LogP contribution in [0.5, 0.6) is 0 Å². The van der Waals surface area contributed by atoms with Crippen molar-refractivity contribution in [3.63, 3.8) is 0 Å². The third-order valence-corrected chi connectivity index (χ3v) is 3.98. The summed E-state index contributed by atoms with van der Waals surface area (Å²) in [6.07, 6.45) is 3.06. The van der Waals surface area contributed by atoms with Crippen molar-refractivity contribution in [2.45, 2.75) is 0 Å². The zero-order valence-corrected chi connectivity index (χ0v) is 14.2. The number of hydrogen-bond acceptors (Lipinski definition) is 5. The number of hydrogen-bond donors (Lipinski definition) is 2. The highest BCUT2D eigenvalue weighted by Gasteiger charge is 2.12. The molecular formula is C18H13ClN6O. The largest absolute Gasteiger partial charge is 0.281 e. The van der Waals surface area contributed by atoms with Gasteiger partial charge in [0, 0.05) is 10.6 Å². The molecule has 2 N–H and O–H groups in total. The molecule has 7 nitrogen and oxygen atoms in total. The number of nitrogens with zero attached hydrogens (tertiary/aromatic N) is 4. The zero-order valence-electron chi connectivity index (χ0n) is 13.4. The van der Waals surface area contributed by atoms with Crippen LogP contribution < -0.4 is 10.9 Å². The second-order valence-electron chi connectivity index (χ2n) is 5.44. The number of nitrogens with one attached hydrogen (secondary N) is 2. The summed E-state index contributed by atoms with van der Waals surface area (Å²) in [6.45, 7) is 0. The zero-order chi connectivity index (χ0) is 17.9. The van der Waals surface area contributed by atoms with E-state index in [1.165, 1.54) is 6.33 Å². The Labute approximate surface area is 153 Å². The standard InChI is InChI=1S/C18H13ClN6O/c19-13-6-4-5-12(9-13)18(26)24-23-16-15-10-22-25(17(15)21-11-20-16)14-7-2-1-3-8-14/h1-11H,(H,24,26)(H,20,21,23). The van der Waals surface area contributed by atoms with Gasteiger partial charge in [-0.25, -0.2) is 14.6 Å². The molecule has 0 aliphatic rings. The Morgan fingerprint density at radius 1 is 1.04 bits per heavy atom. The lowest BCUT2D eigenvalue weighted by Gasteiger charge is -2.09. The molecule has 0 unspecified atom stereocenters. The lowest BCUT2D eigenvalue weighted by atomic mass is 10.2. The van der Waals surface area contributed by atoms with E-state index < -0.39 is 0 Å². The molecule has 4 rings (SSSR count). The third kappa shape index (κ3) is 3.07. The van der Waals surface area contributed by atoms with E-state index in [-0.39, 0.29) is 5.91 Å². The maximum atomic E-state index is 12.2. The van der Waals surface area contributed by atoms with Crippen LogP contribution in [0.3, 0.4) is 0 Å². The highest BCUT2D eigenvalue weighted by Crippen LogP contribution is 2.21. The smallest absolute Gasteiger partial charge is 0.269 e. The van der Waals surface area contributed by atoms with Gasteiger partial charge in [-0.1, -0.05) is 35.9 Å². The van der Waals surface area contributed by atoms with Crippen LogP contribution in [0.25, 0.3) is 16.7 Å². The van der Waals surface area contributed by atoms with Crippen molar-refractivity contribution in [3.8, 4) is 5.69 Å². The van der Waals surface area contributed by atoms with Gasteiger partial charge in [0.05, 0.1) is 17.3 Å². The van der Waals surface area contributed by atoms with E-state index in [0.29, 0.717) is 27.4 Å². The first kappa shape index (κ1) is 16.0. The number of carbonyl (C=O) groups excluding carboxylic acids is 1. The first-order chi connectivity index (χ1) is 12.7. The molecule has 0 aliphatic carbocycles. The van der Waals surface area contributed by atoms with Gasteiger partial charge in [-0.05, 0) is 30.3 Å². The first-order valence-electron chi connectivity index (χ1n) is 7.78. The number of rotatable bonds is 4. The lowest BCUT2D eigenvalue weighted by Crippen LogP contribution is -2.29. The normalized spacial score (nSPS) is 10.7. The average Bonchev–Trinajstić information content (AvgIpc) is 3.11. The molecule has 1 amide bonds. The quantitative estimate of drug-likeness (QED) is 0.543. The molecule has 0 atom stereocenters. The molecule has 0 radical (unpaired) electrons. The second-order valence-corrected chi connectivity index (χ2v) is 5.88. The molecule has 0 spiro atoms. The number of para-hydroxylation sites is 1. The topological polar surface area (TPSA) is 84.7 Å². The van der Waals surface area contributed by atoms with Gasteiger partial charge in [0.2, 0.25) is 0 Å². The van der Waals surface area contributed by atoms with Crippen molar-refractivity contribution in [3.05, 3.63) is 77.7 Å². The highest BCUT2D eigenvalue weighted by molar-refractivity contribution is 6.30. The van der Waals surface area contributed by atoms with Gasteiger partial charge in [0.1, 0.15) is 6.33 Å². The van der Waals surface area contributed by atoms with E-state index >= 15 is 0 Å². The summed E-state index contributed by atoms with van der Waals surface area (Å²) < 4.78 is 1.71. The average molecular weight is 365 g/mol. The van der Waals surface area contributed by atoms with E-state index in [1.54, 1.807) is 35.1 Å². The Hall–Kier alpha value is -3.45. The van der Waals surface area contributed by atoms with Gasteiger partial charge in [0.25, 0.3) is 5.91 Å². The van der Waals surface area contributed by atoms with Crippen LogP contribution in [0.4, 0.5) is 5.82 Å². The molecule has 2 aromatic carbocycles. The van der Waals surface area contributed by atoms with Gasteiger partial charge >= 0.3 is 0 Å². The molecule has 4 aromatic rings. The molecule has 128 valence electrons. The van der Waals surface area contributed by atoms with Crippen molar-refractivity contribution < 1.29 is 4.79 Å². The van der Waals surface area contributed by atoms with Gasteiger partial charge in [0.15, 0.2) is 11.5 Å². The van der Waals surface area contributed by atoms with E-state index in [9.17, 15) is 4.79 Å². The van der Waals surface area contributed by atoms with Crippen LogP contribution in [0.1, 0.15) is 10.4 Å². The molecule has 0 aliphatic heterocycles. The van der Waals surface area contributed by atoms with Crippen molar-refractivity contribution in [1.29, 1.82) is 0 Å². The fourth-order valence-electron chi connectivity index (χ4n) is 2.52. The van der Waals surface area contributed by atoms with E-state index in [1.807, 2.05) is 30.3 Å². The van der Waals surface area contributed by atoms with Crippen LogP contribution in [-0.4, -0.2) is 25.7 Å². The van der Waals surface area contributed by atoms with Crippen LogP contribution in [-0.2, 0) is 0 Å². The number of amides is 1. The summed E-state index contributed by atoms with van der Waals surface area (Å²) in [5.41, 5.74) is 7.39. The number of benzene rings is 2. The minimum atomic E-state index is -0.324. The van der Waals surface area contributed by atoms with Crippen molar-refractivity contribution >= 4 is 34.4 Å². The number of anilines is 1. The van der Waals surface area contributed by atoms with Gasteiger partial charge in [-0.2, -0.15) is 5.10 Å². The predicted molar refractivity (Wildman–Crippen MR) is 99.2 cm³/mol. The summed E-state index contributed by atoms with van der Waals surface area (Å²) in [7, 11) is 0. The summed E-state index contributed by atoms with van der Waals surface area (Å²) in [6, 6.07) is 16.3. The predicted octanol–water partition coefficient (Wildman–Crippen LogP) is 3.23.